The summed E-state index contributed by atoms with van der Waals surface area (Å²) in [7, 11) is 0. The van der Waals surface area contributed by atoms with Crippen LogP contribution in [0.5, 0.6) is 0 Å². The Balaban J connectivity index is 1.46. The van der Waals surface area contributed by atoms with E-state index in [9.17, 15) is 9.18 Å². The number of amides is 1. The number of nitrogens with zero attached hydrogens (tertiary/aromatic N) is 2. The standard InChI is InChI=1S/C24H29ClFN3O/c1-16-3-6-20(22(26)13-16)19-7-8-27-15-21(19)24(30)29-11-9-28(10-12-29)23-14-18(25)5-4-17(23)2/h3-6,13-14,19,21,27H,7-12,15H2,1-2H3/t19-,21-/m0/s1. The minimum absolute atomic E-state index is 0.0763. The molecule has 2 fully saturated rings. The zero-order valence-electron chi connectivity index (χ0n) is 17.6. The number of hydrogen-bond donors (Lipinski definition) is 1. The van der Waals surface area contributed by atoms with Gasteiger partial charge in [0.15, 0.2) is 0 Å². The first-order valence-corrected chi connectivity index (χ1v) is 11.1. The third kappa shape index (κ3) is 4.33. The highest BCUT2D eigenvalue weighted by atomic mass is 35.5. The highest BCUT2D eigenvalue weighted by Crippen LogP contribution is 2.34. The number of carbonyl (C=O) groups excluding carboxylic acids is 1. The van der Waals surface area contributed by atoms with E-state index in [1.807, 2.05) is 42.2 Å². The van der Waals surface area contributed by atoms with Gasteiger partial charge in [-0.25, -0.2) is 4.39 Å². The molecule has 30 heavy (non-hydrogen) atoms. The van der Waals surface area contributed by atoms with Crippen LogP contribution in [0.15, 0.2) is 36.4 Å². The largest absolute Gasteiger partial charge is 0.368 e. The van der Waals surface area contributed by atoms with E-state index in [1.165, 1.54) is 5.56 Å². The van der Waals surface area contributed by atoms with Crippen molar-refractivity contribution in [1.29, 1.82) is 0 Å². The van der Waals surface area contributed by atoms with Gasteiger partial charge < -0.3 is 15.1 Å². The van der Waals surface area contributed by atoms with Gasteiger partial charge in [0.25, 0.3) is 0 Å². The van der Waals surface area contributed by atoms with Crippen molar-refractivity contribution in [1.82, 2.24) is 10.2 Å². The van der Waals surface area contributed by atoms with Crippen molar-refractivity contribution in [2.45, 2.75) is 26.2 Å². The van der Waals surface area contributed by atoms with Gasteiger partial charge in [0.2, 0.25) is 5.91 Å². The summed E-state index contributed by atoms with van der Waals surface area (Å²) >= 11 is 6.18. The minimum Gasteiger partial charge on any atom is -0.368 e. The fourth-order valence-corrected chi connectivity index (χ4v) is 4.91. The van der Waals surface area contributed by atoms with E-state index in [2.05, 4.69) is 17.1 Å². The molecule has 1 amide bonds. The van der Waals surface area contributed by atoms with Crippen molar-refractivity contribution in [2.24, 2.45) is 5.92 Å². The van der Waals surface area contributed by atoms with E-state index in [-0.39, 0.29) is 23.6 Å². The van der Waals surface area contributed by atoms with E-state index < -0.39 is 0 Å². The fourth-order valence-electron chi connectivity index (χ4n) is 4.75. The number of piperazine rings is 1. The molecule has 0 spiro atoms. The molecule has 6 heteroatoms. The second-order valence-corrected chi connectivity index (χ2v) is 8.91. The number of carbonyl (C=O) groups is 1. The molecule has 2 aliphatic rings. The second-order valence-electron chi connectivity index (χ2n) is 8.47. The van der Waals surface area contributed by atoms with Crippen LogP contribution in [0, 0.1) is 25.6 Å². The lowest BCUT2D eigenvalue weighted by atomic mass is 9.79. The number of aryl methyl sites for hydroxylation is 2. The number of hydrogen-bond acceptors (Lipinski definition) is 3. The Labute approximate surface area is 183 Å². The van der Waals surface area contributed by atoms with Crippen molar-refractivity contribution in [3.8, 4) is 0 Å². The molecule has 2 atom stereocenters. The quantitative estimate of drug-likeness (QED) is 0.796. The van der Waals surface area contributed by atoms with Crippen molar-refractivity contribution in [2.75, 3.05) is 44.2 Å². The third-order valence-electron chi connectivity index (χ3n) is 6.46. The predicted molar refractivity (Wildman–Crippen MR) is 120 cm³/mol. The van der Waals surface area contributed by atoms with Gasteiger partial charge in [-0.05, 0) is 61.7 Å². The molecule has 2 heterocycles. The van der Waals surface area contributed by atoms with Crippen LogP contribution in [-0.4, -0.2) is 50.1 Å². The van der Waals surface area contributed by atoms with Crippen LogP contribution in [0.4, 0.5) is 10.1 Å². The molecule has 0 radical (unpaired) electrons. The summed E-state index contributed by atoms with van der Waals surface area (Å²) in [5.74, 6) is -0.362. The minimum atomic E-state index is -0.226. The summed E-state index contributed by atoms with van der Waals surface area (Å²) in [4.78, 5) is 17.6. The van der Waals surface area contributed by atoms with Crippen LogP contribution in [0.3, 0.4) is 0 Å². The first-order valence-electron chi connectivity index (χ1n) is 10.7. The number of anilines is 1. The van der Waals surface area contributed by atoms with E-state index in [0.29, 0.717) is 25.2 Å². The average Bonchev–Trinajstić information content (AvgIpc) is 2.75. The molecule has 2 aliphatic heterocycles. The highest BCUT2D eigenvalue weighted by Gasteiger charge is 2.36. The fraction of sp³-hybridized carbons (Fsp3) is 0.458. The summed E-state index contributed by atoms with van der Waals surface area (Å²) in [5.41, 5.74) is 3.90. The summed E-state index contributed by atoms with van der Waals surface area (Å²) in [6, 6.07) is 11.3. The number of benzene rings is 2. The molecule has 0 unspecified atom stereocenters. The van der Waals surface area contributed by atoms with Crippen molar-refractivity contribution < 1.29 is 9.18 Å². The molecule has 2 aromatic rings. The molecule has 0 aromatic heterocycles. The summed E-state index contributed by atoms with van der Waals surface area (Å²) in [6.45, 7) is 8.27. The topological polar surface area (TPSA) is 35.6 Å². The lowest BCUT2D eigenvalue weighted by Gasteiger charge is -2.40. The molecule has 2 aromatic carbocycles. The van der Waals surface area contributed by atoms with Crippen LogP contribution < -0.4 is 10.2 Å². The van der Waals surface area contributed by atoms with Crippen LogP contribution in [0.25, 0.3) is 0 Å². The number of halogens is 2. The highest BCUT2D eigenvalue weighted by molar-refractivity contribution is 6.30. The SMILES string of the molecule is Cc1ccc([C@@H]2CCNC[C@@H]2C(=O)N2CCN(c3cc(Cl)ccc3C)CC2)c(F)c1. The molecule has 0 saturated carbocycles. The molecule has 0 bridgehead atoms. The molecule has 2 saturated heterocycles. The van der Waals surface area contributed by atoms with Gasteiger partial charge >= 0.3 is 0 Å². The van der Waals surface area contributed by atoms with Gasteiger partial charge in [-0.15, -0.1) is 0 Å². The maximum atomic E-state index is 14.7. The van der Waals surface area contributed by atoms with Crippen molar-refractivity contribution in [3.63, 3.8) is 0 Å². The molecular formula is C24H29ClFN3O. The zero-order valence-corrected chi connectivity index (χ0v) is 18.4. The number of rotatable bonds is 3. The molecular weight excluding hydrogens is 401 g/mol. The van der Waals surface area contributed by atoms with Gasteiger partial charge in [0, 0.05) is 49.4 Å². The first-order chi connectivity index (χ1) is 14.4. The van der Waals surface area contributed by atoms with Crippen LogP contribution in [0.2, 0.25) is 5.02 Å². The van der Waals surface area contributed by atoms with Gasteiger partial charge in [-0.3, -0.25) is 4.79 Å². The van der Waals surface area contributed by atoms with E-state index in [0.717, 1.165) is 42.3 Å². The van der Waals surface area contributed by atoms with Crippen LogP contribution >= 0.6 is 11.6 Å². The summed E-state index contributed by atoms with van der Waals surface area (Å²) in [6.07, 6.45) is 0.776. The Bertz CT molecular complexity index is 927. The van der Waals surface area contributed by atoms with E-state index in [4.69, 9.17) is 11.6 Å². The van der Waals surface area contributed by atoms with Crippen LogP contribution in [0.1, 0.15) is 29.0 Å². The number of nitrogens with one attached hydrogen (secondary N) is 1. The molecule has 4 rings (SSSR count). The third-order valence-corrected chi connectivity index (χ3v) is 6.69. The Morgan fingerprint density at radius 2 is 1.87 bits per heavy atom. The Morgan fingerprint density at radius 1 is 1.10 bits per heavy atom. The average molecular weight is 430 g/mol. The Kier molecular flexibility index (Phi) is 6.30. The van der Waals surface area contributed by atoms with Gasteiger partial charge in [-0.1, -0.05) is 29.8 Å². The maximum Gasteiger partial charge on any atom is 0.227 e. The lowest BCUT2D eigenvalue weighted by molar-refractivity contribution is -0.137. The lowest BCUT2D eigenvalue weighted by Crippen LogP contribution is -2.53. The molecule has 1 N–H and O–H groups in total. The van der Waals surface area contributed by atoms with Gasteiger partial charge in [-0.2, -0.15) is 0 Å². The number of piperidine rings is 1. The van der Waals surface area contributed by atoms with E-state index in [1.54, 1.807) is 6.07 Å². The molecule has 160 valence electrons. The van der Waals surface area contributed by atoms with Crippen molar-refractivity contribution in [3.05, 3.63) is 63.9 Å². The maximum absolute atomic E-state index is 14.7. The Hall–Kier alpha value is -2.11. The molecule has 4 nitrogen and oxygen atoms in total. The molecule has 0 aliphatic carbocycles. The van der Waals surface area contributed by atoms with E-state index >= 15 is 0 Å². The first kappa shape index (κ1) is 21.1. The Morgan fingerprint density at radius 3 is 2.60 bits per heavy atom. The predicted octanol–water partition coefficient (Wildman–Crippen LogP) is 4.14. The van der Waals surface area contributed by atoms with Crippen LogP contribution in [-0.2, 0) is 4.79 Å². The van der Waals surface area contributed by atoms with Crippen molar-refractivity contribution >= 4 is 23.2 Å². The summed E-state index contributed by atoms with van der Waals surface area (Å²) < 4.78 is 14.7. The smallest absolute Gasteiger partial charge is 0.227 e. The normalized spacial score (nSPS) is 22.3. The van der Waals surface area contributed by atoms with Gasteiger partial charge in [0.1, 0.15) is 5.82 Å². The monoisotopic (exact) mass is 429 g/mol. The zero-order chi connectivity index (χ0) is 21.3. The second kappa shape index (κ2) is 8.94. The summed E-state index contributed by atoms with van der Waals surface area (Å²) in [5, 5.41) is 4.07. The van der Waals surface area contributed by atoms with Gasteiger partial charge in [0.05, 0.1) is 5.92 Å².